The SMILES string of the molecule is CNCC1CCCN1Cc1cn(C)c2ccccc12. The Bertz CT molecular complexity index is 558. The number of rotatable bonds is 4. The van der Waals surface area contributed by atoms with E-state index in [2.05, 4.69) is 59.3 Å². The molecule has 0 aliphatic carbocycles. The van der Waals surface area contributed by atoms with Crippen LogP contribution in [0.25, 0.3) is 10.9 Å². The van der Waals surface area contributed by atoms with Crippen LogP contribution in [0.3, 0.4) is 0 Å². The summed E-state index contributed by atoms with van der Waals surface area (Å²) in [6.07, 6.45) is 4.95. The number of hydrogen-bond acceptors (Lipinski definition) is 2. The Hall–Kier alpha value is -1.32. The molecule has 3 nitrogen and oxygen atoms in total. The van der Waals surface area contributed by atoms with Gasteiger partial charge in [0.15, 0.2) is 0 Å². The van der Waals surface area contributed by atoms with Crippen LogP contribution < -0.4 is 5.32 Å². The van der Waals surface area contributed by atoms with Crippen LogP contribution in [0.5, 0.6) is 0 Å². The molecule has 1 N–H and O–H groups in total. The Morgan fingerprint density at radius 2 is 2.16 bits per heavy atom. The smallest absolute Gasteiger partial charge is 0.0481 e. The van der Waals surface area contributed by atoms with Crippen molar-refractivity contribution >= 4 is 10.9 Å². The fourth-order valence-electron chi connectivity index (χ4n) is 3.34. The third kappa shape index (κ3) is 2.40. The summed E-state index contributed by atoms with van der Waals surface area (Å²) in [6, 6.07) is 9.40. The molecule has 0 radical (unpaired) electrons. The predicted molar refractivity (Wildman–Crippen MR) is 80.3 cm³/mol. The van der Waals surface area contributed by atoms with Crippen LogP contribution in [0, 0.1) is 0 Å². The van der Waals surface area contributed by atoms with Gasteiger partial charge in [-0.15, -0.1) is 0 Å². The molecule has 1 aliphatic rings. The van der Waals surface area contributed by atoms with Crippen LogP contribution >= 0.6 is 0 Å². The zero-order chi connectivity index (χ0) is 13.2. The lowest BCUT2D eigenvalue weighted by molar-refractivity contribution is 0.243. The second-order valence-electron chi connectivity index (χ2n) is 5.61. The van der Waals surface area contributed by atoms with Crippen molar-refractivity contribution in [2.45, 2.75) is 25.4 Å². The van der Waals surface area contributed by atoms with E-state index >= 15 is 0 Å². The molecule has 0 bridgehead atoms. The first-order valence-corrected chi connectivity index (χ1v) is 7.21. The van der Waals surface area contributed by atoms with Gasteiger partial charge in [-0.3, -0.25) is 4.90 Å². The van der Waals surface area contributed by atoms with Crippen molar-refractivity contribution in [2.75, 3.05) is 20.1 Å². The number of nitrogens with one attached hydrogen (secondary N) is 1. The summed E-state index contributed by atoms with van der Waals surface area (Å²) in [7, 11) is 4.19. The van der Waals surface area contributed by atoms with E-state index in [1.807, 2.05) is 0 Å². The summed E-state index contributed by atoms with van der Waals surface area (Å²) in [5, 5.41) is 4.72. The van der Waals surface area contributed by atoms with E-state index in [-0.39, 0.29) is 0 Å². The molecule has 102 valence electrons. The molecule has 1 aliphatic heterocycles. The number of likely N-dealkylation sites (tertiary alicyclic amines) is 1. The first-order valence-electron chi connectivity index (χ1n) is 7.21. The largest absolute Gasteiger partial charge is 0.350 e. The molecule has 1 aromatic heterocycles. The Balaban J connectivity index is 1.85. The highest BCUT2D eigenvalue weighted by Gasteiger charge is 2.24. The number of fused-ring (bicyclic) bond motifs is 1. The van der Waals surface area contributed by atoms with Crippen molar-refractivity contribution in [3.8, 4) is 0 Å². The number of aromatic nitrogens is 1. The van der Waals surface area contributed by atoms with E-state index in [0.717, 1.165) is 13.1 Å². The average molecular weight is 257 g/mol. The third-order valence-corrected chi connectivity index (χ3v) is 4.29. The summed E-state index contributed by atoms with van der Waals surface area (Å²) in [6.45, 7) is 3.41. The molecule has 2 heterocycles. The first kappa shape index (κ1) is 12.7. The van der Waals surface area contributed by atoms with E-state index < -0.39 is 0 Å². The quantitative estimate of drug-likeness (QED) is 0.907. The molecular weight excluding hydrogens is 234 g/mol. The third-order valence-electron chi connectivity index (χ3n) is 4.29. The molecule has 0 saturated carbocycles. The van der Waals surface area contributed by atoms with Gasteiger partial charge in [0.1, 0.15) is 0 Å². The summed E-state index contributed by atoms with van der Waals surface area (Å²) in [5.41, 5.74) is 2.79. The first-order chi connectivity index (χ1) is 9.29. The minimum Gasteiger partial charge on any atom is -0.350 e. The molecule has 1 unspecified atom stereocenters. The molecule has 2 aromatic rings. The highest BCUT2D eigenvalue weighted by atomic mass is 15.2. The molecule has 1 aromatic carbocycles. The molecule has 19 heavy (non-hydrogen) atoms. The van der Waals surface area contributed by atoms with Crippen molar-refractivity contribution in [1.82, 2.24) is 14.8 Å². The zero-order valence-electron chi connectivity index (χ0n) is 11.9. The van der Waals surface area contributed by atoms with E-state index in [0.29, 0.717) is 6.04 Å². The number of nitrogens with zero attached hydrogens (tertiary/aromatic N) is 2. The summed E-state index contributed by atoms with van der Waals surface area (Å²) < 4.78 is 2.24. The van der Waals surface area contributed by atoms with Crippen molar-refractivity contribution in [3.05, 3.63) is 36.0 Å². The van der Waals surface area contributed by atoms with Gasteiger partial charge in [0.25, 0.3) is 0 Å². The Labute approximate surface area is 115 Å². The molecule has 0 amide bonds. The van der Waals surface area contributed by atoms with Gasteiger partial charge in [0.05, 0.1) is 0 Å². The predicted octanol–water partition coefficient (Wildman–Crippen LogP) is 2.36. The summed E-state index contributed by atoms with van der Waals surface area (Å²) >= 11 is 0. The molecule has 0 spiro atoms. The van der Waals surface area contributed by atoms with Crippen molar-refractivity contribution in [1.29, 1.82) is 0 Å². The molecule has 1 fully saturated rings. The van der Waals surface area contributed by atoms with Gasteiger partial charge in [0.2, 0.25) is 0 Å². The van der Waals surface area contributed by atoms with E-state index in [1.165, 1.54) is 35.9 Å². The van der Waals surface area contributed by atoms with Crippen LogP contribution in [0.2, 0.25) is 0 Å². The van der Waals surface area contributed by atoms with Crippen molar-refractivity contribution in [2.24, 2.45) is 7.05 Å². The van der Waals surface area contributed by atoms with Gasteiger partial charge < -0.3 is 9.88 Å². The van der Waals surface area contributed by atoms with E-state index in [4.69, 9.17) is 0 Å². The van der Waals surface area contributed by atoms with Crippen molar-refractivity contribution < 1.29 is 0 Å². The number of aryl methyl sites for hydroxylation is 1. The van der Waals surface area contributed by atoms with Crippen LogP contribution in [0.1, 0.15) is 18.4 Å². The number of para-hydroxylation sites is 1. The topological polar surface area (TPSA) is 20.2 Å². The van der Waals surface area contributed by atoms with Gasteiger partial charge in [-0.2, -0.15) is 0 Å². The molecule has 3 heteroatoms. The lowest BCUT2D eigenvalue weighted by Gasteiger charge is -2.23. The normalized spacial score (nSPS) is 20.4. The van der Waals surface area contributed by atoms with Crippen LogP contribution in [0.4, 0.5) is 0 Å². The van der Waals surface area contributed by atoms with Gasteiger partial charge in [0, 0.05) is 43.3 Å². The van der Waals surface area contributed by atoms with E-state index in [9.17, 15) is 0 Å². The molecular formula is C16H23N3. The number of benzene rings is 1. The maximum Gasteiger partial charge on any atom is 0.0481 e. The highest BCUT2D eigenvalue weighted by Crippen LogP contribution is 2.25. The van der Waals surface area contributed by atoms with Gasteiger partial charge in [-0.05, 0) is 38.1 Å². The number of likely N-dealkylation sites (N-methyl/N-ethyl adjacent to an activating group) is 1. The Kier molecular flexibility index (Phi) is 3.58. The molecule has 3 rings (SSSR count). The summed E-state index contributed by atoms with van der Waals surface area (Å²) in [4.78, 5) is 2.62. The zero-order valence-corrected chi connectivity index (χ0v) is 11.9. The number of hydrogen-bond donors (Lipinski definition) is 1. The summed E-state index contributed by atoms with van der Waals surface area (Å²) in [5.74, 6) is 0. The maximum absolute atomic E-state index is 3.32. The van der Waals surface area contributed by atoms with E-state index in [1.54, 1.807) is 0 Å². The average Bonchev–Trinajstić information content (AvgIpc) is 2.98. The molecule has 1 atom stereocenters. The van der Waals surface area contributed by atoms with Gasteiger partial charge >= 0.3 is 0 Å². The van der Waals surface area contributed by atoms with Crippen LogP contribution in [-0.2, 0) is 13.6 Å². The second-order valence-corrected chi connectivity index (χ2v) is 5.61. The standard InChI is InChI=1S/C16H23N3/c1-17-10-14-6-5-9-19(14)12-13-11-18(2)16-8-4-3-7-15(13)16/h3-4,7-8,11,14,17H,5-6,9-10,12H2,1-2H3. The molecule has 1 saturated heterocycles. The van der Waals surface area contributed by atoms with Crippen LogP contribution in [-0.4, -0.2) is 35.6 Å². The minimum atomic E-state index is 0.698. The lowest BCUT2D eigenvalue weighted by atomic mass is 10.1. The van der Waals surface area contributed by atoms with Crippen molar-refractivity contribution in [3.63, 3.8) is 0 Å². The fraction of sp³-hybridized carbons (Fsp3) is 0.500. The Morgan fingerprint density at radius 3 is 3.00 bits per heavy atom. The monoisotopic (exact) mass is 257 g/mol. The highest BCUT2D eigenvalue weighted by molar-refractivity contribution is 5.83. The van der Waals surface area contributed by atoms with Gasteiger partial charge in [-0.1, -0.05) is 18.2 Å². The van der Waals surface area contributed by atoms with Gasteiger partial charge in [-0.25, -0.2) is 0 Å². The lowest BCUT2D eigenvalue weighted by Crippen LogP contribution is -2.36. The van der Waals surface area contributed by atoms with Crippen LogP contribution in [0.15, 0.2) is 30.5 Å². The second kappa shape index (κ2) is 5.35. The minimum absolute atomic E-state index is 0.698. The fourth-order valence-corrected chi connectivity index (χ4v) is 3.34. The maximum atomic E-state index is 3.32. The Morgan fingerprint density at radius 1 is 1.32 bits per heavy atom.